The van der Waals surface area contributed by atoms with E-state index in [0.29, 0.717) is 5.69 Å². The van der Waals surface area contributed by atoms with Crippen molar-refractivity contribution in [3.05, 3.63) is 29.8 Å². The summed E-state index contributed by atoms with van der Waals surface area (Å²) in [6.07, 6.45) is 0. The van der Waals surface area contributed by atoms with Crippen molar-refractivity contribution in [1.29, 1.82) is 0 Å². The molecule has 1 aromatic carbocycles. The molecule has 0 spiro atoms. The summed E-state index contributed by atoms with van der Waals surface area (Å²) in [4.78, 5) is 22.7. The summed E-state index contributed by atoms with van der Waals surface area (Å²) in [5.74, 6) is -0.986. The molecule has 6 nitrogen and oxygen atoms in total. The third-order valence-electron chi connectivity index (χ3n) is 1.99. The number of amides is 2. The van der Waals surface area contributed by atoms with Crippen LogP contribution in [0.15, 0.2) is 24.3 Å². The maximum Gasteiger partial charge on any atom is 0.253 e. The van der Waals surface area contributed by atoms with E-state index in [0.717, 1.165) is 0 Å². The highest BCUT2D eigenvalue weighted by Crippen LogP contribution is 2.14. The van der Waals surface area contributed by atoms with Crippen molar-refractivity contribution >= 4 is 17.5 Å². The van der Waals surface area contributed by atoms with E-state index in [1.54, 1.807) is 24.3 Å². The summed E-state index contributed by atoms with van der Waals surface area (Å²) >= 11 is 0. The highest BCUT2D eigenvalue weighted by Gasteiger charge is 2.11. The Hall–Kier alpha value is -1.92. The quantitative estimate of drug-likeness (QED) is 0.547. The second-order valence-electron chi connectivity index (χ2n) is 3.23. The Morgan fingerprint density at radius 2 is 1.88 bits per heavy atom. The first-order valence-electron chi connectivity index (χ1n) is 5.08. The predicted molar refractivity (Wildman–Crippen MR) is 61.6 cm³/mol. The zero-order valence-electron chi connectivity index (χ0n) is 9.14. The molecule has 0 unspecified atom stereocenters. The van der Waals surface area contributed by atoms with Crippen LogP contribution in [0.1, 0.15) is 10.4 Å². The Labute approximate surface area is 98.3 Å². The molecule has 4 N–H and O–H groups in total. The largest absolute Gasteiger partial charge is 0.395 e. The lowest BCUT2D eigenvalue weighted by atomic mass is 10.1. The van der Waals surface area contributed by atoms with Gasteiger partial charge in [-0.1, -0.05) is 12.1 Å². The normalized spacial score (nSPS) is 9.76. The Morgan fingerprint density at radius 3 is 2.53 bits per heavy atom. The van der Waals surface area contributed by atoms with Gasteiger partial charge in [-0.15, -0.1) is 0 Å². The molecule has 0 saturated carbocycles. The van der Waals surface area contributed by atoms with Gasteiger partial charge in [0.2, 0.25) is 5.91 Å². The van der Waals surface area contributed by atoms with Crippen LogP contribution in [0.5, 0.6) is 0 Å². The van der Waals surface area contributed by atoms with Crippen LogP contribution in [0.4, 0.5) is 5.69 Å². The summed E-state index contributed by atoms with van der Waals surface area (Å²) in [6.45, 7) is -0.662. The second kappa shape index (κ2) is 6.62. The van der Waals surface area contributed by atoms with Crippen LogP contribution in [-0.2, 0) is 4.79 Å². The van der Waals surface area contributed by atoms with Gasteiger partial charge in [0.05, 0.1) is 17.9 Å². The van der Waals surface area contributed by atoms with Crippen molar-refractivity contribution in [3.8, 4) is 0 Å². The molecule has 0 bridgehead atoms. The number of aliphatic hydroxyl groups is 2. The van der Waals surface area contributed by atoms with Crippen LogP contribution in [0.2, 0.25) is 0 Å². The van der Waals surface area contributed by atoms with Crippen molar-refractivity contribution in [2.75, 3.05) is 25.1 Å². The Kier molecular flexibility index (Phi) is 5.12. The summed E-state index contributed by atoms with van der Waals surface area (Å²) in [5.41, 5.74) is 0.602. The van der Waals surface area contributed by atoms with Gasteiger partial charge < -0.3 is 20.8 Å². The molecule has 1 rings (SSSR count). The van der Waals surface area contributed by atoms with Gasteiger partial charge in [-0.05, 0) is 12.1 Å². The van der Waals surface area contributed by atoms with Gasteiger partial charge in [0, 0.05) is 6.54 Å². The summed E-state index contributed by atoms with van der Waals surface area (Å²) in [6, 6.07) is 6.42. The highest BCUT2D eigenvalue weighted by atomic mass is 16.3. The minimum atomic E-state index is -0.646. The van der Waals surface area contributed by atoms with Crippen LogP contribution in [0.25, 0.3) is 0 Å². The van der Waals surface area contributed by atoms with Gasteiger partial charge >= 0.3 is 0 Å². The molecule has 0 aliphatic rings. The first-order valence-corrected chi connectivity index (χ1v) is 5.08. The fourth-order valence-corrected chi connectivity index (χ4v) is 1.24. The predicted octanol–water partition coefficient (Wildman–Crippen LogP) is -0.660. The van der Waals surface area contributed by atoms with E-state index >= 15 is 0 Å². The summed E-state index contributed by atoms with van der Waals surface area (Å²) in [7, 11) is 0. The average molecular weight is 238 g/mol. The van der Waals surface area contributed by atoms with Gasteiger partial charge in [0.25, 0.3) is 5.91 Å². The Morgan fingerprint density at radius 1 is 1.18 bits per heavy atom. The molecule has 0 atom stereocenters. The van der Waals surface area contributed by atoms with E-state index in [1.165, 1.54) is 0 Å². The number of carbonyl (C=O) groups excluding carboxylic acids is 2. The van der Waals surface area contributed by atoms with E-state index < -0.39 is 18.4 Å². The van der Waals surface area contributed by atoms with Gasteiger partial charge in [-0.2, -0.15) is 0 Å². The molecule has 6 heteroatoms. The molecule has 0 aromatic heterocycles. The fourth-order valence-electron chi connectivity index (χ4n) is 1.24. The Balaban J connectivity index is 2.83. The van der Waals surface area contributed by atoms with Crippen molar-refractivity contribution in [3.63, 3.8) is 0 Å². The molecular weight excluding hydrogens is 224 g/mol. The lowest BCUT2D eigenvalue weighted by Crippen LogP contribution is -2.28. The highest BCUT2D eigenvalue weighted by molar-refractivity contribution is 6.03. The summed E-state index contributed by atoms with van der Waals surface area (Å²) < 4.78 is 0. The number of para-hydroxylation sites is 1. The molecule has 2 amide bonds. The number of rotatable bonds is 5. The molecule has 17 heavy (non-hydrogen) atoms. The molecule has 0 radical (unpaired) electrons. The summed E-state index contributed by atoms with van der Waals surface area (Å²) in [5, 5.41) is 22.1. The van der Waals surface area contributed by atoms with Crippen LogP contribution in [-0.4, -0.2) is 41.8 Å². The van der Waals surface area contributed by atoms with Gasteiger partial charge in [-0.25, -0.2) is 0 Å². The van der Waals surface area contributed by atoms with E-state index in [2.05, 4.69) is 10.6 Å². The van der Waals surface area contributed by atoms with Crippen LogP contribution in [0, 0.1) is 0 Å². The van der Waals surface area contributed by atoms with Gasteiger partial charge in [0.1, 0.15) is 6.61 Å². The number of aliphatic hydroxyl groups excluding tert-OH is 2. The number of hydrogen-bond acceptors (Lipinski definition) is 4. The average Bonchev–Trinajstić information content (AvgIpc) is 2.36. The number of benzene rings is 1. The molecule has 1 aromatic rings. The SMILES string of the molecule is O=C(CO)Nc1ccccc1C(=O)NCCO. The van der Waals surface area contributed by atoms with Crippen LogP contribution in [0.3, 0.4) is 0 Å². The van der Waals surface area contributed by atoms with Crippen molar-refractivity contribution < 1.29 is 19.8 Å². The second-order valence-corrected chi connectivity index (χ2v) is 3.23. The zero-order valence-corrected chi connectivity index (χ0v) is 9.14. The molecule has 92 valence electrons. The lowest BCUT2D eigenvalue weighted by molar-refractivity contribution is -0.118. The number of hydrogen-bond donors (Lipinski definition) is 4. The smallest absolute Gasteiger partial charge is 0.253 e. The van der Waals surface area contributed by atoms with Gasteiger partial charge in [-0.3, -0.25) is 9.59 Å². The lowest BCUT2D eigenvalue weighted by Gasteiger charge is -2.09. The minimum Gasteiger partial charge on any atom is -0.395 e. The maximum atomic E-state index is 11.7. The molecule has 0 fully saturated rings. The number of anilines is 1. The van der Waals surface area contributed by atoms with Crippen molar-refractivity contribution in [2.24, 2.45) is 0 Å². The topological polar surface area (TPSA) is 98.7 Å². The standard InChI is InChI=1S/C11H14N2O4/c14-6-5-12-11(17)8-3-1-2-4-9(8)13-10(16)7-15/h1-4,14-15H,5-7H2,(H,12,17)(H,13,16). The van der Waals surface area contributed by atoms with E-state index in [4.69, 9.17) is 10.2 Å². The Bertz CT molecular complexity index is 406. The first kappa shape index (κ1) is 13.1. The molecule has 0 aliphatic heterocycles. The monoisotopic (exact) mass is 238 g/mol. The zero-order chi connectivity index (χ0) is 12.7. The van der Waals surface area contributed by atoms with Crippen LogP contribution >= 0.6 is 0 Å². The van der Waals surface area contributed by atoms with E-state index in [-0.39, 0.29) is 18.7 Å². The van der Waals surface area contributed by atoms with Gasteiger partial charge in [0.15, 0.2) is 0 Å². The van der Waals surface area contributed by atoms with E-state index in [9.17, 15) is 9.59 Å². The van der Waals surface area contributed by atoms with Crippen molar-refractivity contribution in [1.82, 2.24) is 5.32 Å². The minimum absolute atomic E-state index is 0.140. The third kappa shape index (κ3) is 3.86. The van der Waals surface area contributed by atoms with E-state index in [1.807, 2.05) is 0 Å². The third-order valence-corrected chi connectivity index (χ3v) is 1.99. The van der Waals surface area contributed by atoms with Crippen molar-refractivity contribution in [2.45, 2.75) is 0 Å². The van der Waals surface area contributed by atoms with Crippen LogP contribution < -0.4 is 10.6 Å². The number of carbonyl (C=O) groups is 2. The molecule has 0 aliphatic carbocycles. The maximum absolute atomic E-state index is 11.7. The molecule has 0 heterocycles. The molecule has 0 saturated heterocycles. The molecular formula is C11H14N2O4. The first-order chi connectivity index (χ1) is 8.19. The number of nitrogens with one attached hydrogen (secondary N) is 2. The fraction of sp³-hybridized carbons (Fsp3) is 0.273.